The molecule has 0 bridgehead atoms. The van der Waals surface area contributed by atoms with Crippen LogP contribution in [0.15, 0.2) is 42.6 Å². The molecular weight excluding hydrogens is 441 g/mol. The van der Waals surface area contributed by atoms with Gasteiger partial charge in [0, 0.05) is 37.0 Å². The number of aliphatic hydroxyl groups is 2. The number of hydrogen-bond acceptors (Lipinski definition) is 6. The van der Waals surface area contributed by atoms with Crippen LogP contribution in [0.1, 0.15) is 22.6 Å². The van der Waals surface area contributed by atoms with Crippen molar-refractivity contribution in [2.24, 2.45) is 0 Å². The Hall–Kier alpha value is -2.65. The van der Waals surface area contributed by atoms with Crippen LogP contribution in [-0.2, 0) is 6.54 Å². The number of aromatic nitrogens is 3. The summed E-state index contributed by atoms with van der Waals surface area (Å²) < 4.78 is 1.77. The van der Waals surface area contributed by atoms with Crippen LogP contribution in [-0.4, -0.2) is 62.1 Å². The number of anilines is 1. The second-order valence-electron chi connectivity index (χ2n) is 7.20. The number of rotatable bonds is 6. The summed E-state index contributed by atoms with van der Waals surface area (Å²) in [6.07, 6.45) is 0.709. The molecule has 8 nitrogen and oxygen atoms in total. The normalized spacial score (nSPS) is 16.0. The minimum atomic E-state index is -1.18. The van der Waals surface area contributed by atoms with Crippen molar-refractivity contribution in [3.05, 3.63) is 64.0 Å². The predicted molar refractivity (Wildman–Crippen MR) is 118 cm³/mol. The fourth-order valence-electron chi connectivity index (χ4n) is 3.58. The van der Waals surface area contributed by atoms with Gasteiger partial charge in [-0.05, 0) is 30.7 Å². The molecule has 31 heavy (non-hydrogen) atoms. The van der Waals surface area contributed by atoms with Crippen LogP contribution in [0.5, 0.6) is 0 Å². The summed E-state index contributed by atoms with van der Waals surface area (Å²) in [5, 5.41) is 20.9. The van der Waals surface area contributed by atoms with Crippen LogP contribution < -0.4 is 4.90 Å². The number of nitrogens with zero attached hydrogens (tertiary/aromatic N) is 5. The number of carbonyl (C=O) groups is 1. The van der Waals surface area contributed by atoms with E-state index in [1.807, 2.05) is 12.1 Å². The van der Waals surface area contributed by atoms with Crippen LogP contribution in [0.25, 0.3) is 11.4 Å². The van der Waals surface area contributed by atoms with E-state index in [4.69, 9.17) is 28.2 Å². The number of amides is 1. The molecule has 2 aromatic heterocycles. The van der Waals surface area contributed by atoms with Crippen molar-refractivity contribution < 1.29 is 15.0 Å². The maximum absolute atomic E-state index is 13.4. The molecule has 0 spiro atoms. The van der Waals surface area contributed by atoms with Crippen molar-refractivity contribution in [3.63, 3.8) is 0 Å². The minimum Gasteiger partial charge on any atom is -0.396 e. The van der Waals surface area contributed by atoms with Gasteiger partial charge in [-0.2, -0.15) is 0 Å². The smallest absolute Gasteiger partial charge is 0.277 e. The van der Waals surface area contributed by atoms with Gasteiger partial charge < -0.3 is 19.7 Å². The fraction of sp³-hybridized carbons (Fsp3) is 0.286. The van der Waals surface area contributed by atoms with Crippen molar-refractivity contribution >= 4 is 34.9 Å². The van der Waals surface area contributed by atoms with E-state index >= 15 is 0 Å². The molecule has 3 aromatic rings. The Labute approximate surface area is 189 Å². The predicted octanol–water partition coefficient (Wildman–Crippen LogP) is 2.85. The van der Waals surface area contributed by atoms with Gasteiger partial charge in [-0.15, -0.1) is 0 Å². The molecular formula is C21H21Cl2N5O3. The minimum absolute atomic E-state index is 0.0885. The highest BCUT2D eigenvalue weighted by Gasteiger charge is 2.39. The molecule has 0 saturated carbocycles. The largest absolute Gasteiger partial charge is 0.396 e. The van der Waals surface area contributed by atoms with E-state index in [2.05, 4.69) is 4.98 Å². The number of imidazole rings is 1. The molecule has 0 radical (unpaired) electrons. The summed E-state index contributed by atoms with van der Waals surface area (Å²) in [4.78, 5) is 25.3. The Morgan fingerprint density at radius 1 is 1.16 bits per heavy atom. The molecule has 162 valence electrons. The molecule has 0 aliphatic carbocycles. The lowest BCUT2D eigenvalue weighted by Crippen LogP contribution is -2.54. The van der Waals surface area contributed by atoms with E-state index in [-0.39, 0.29) is 25.6 Å². The number of fused-ring (bicyclic) bond motifs is 1. The lowest BCUT2D eigenvalue weighted by atomic mass is 10.2. The maximum atomic E-state index is 13.4. The van der Waals surface area contributed by atoms with Gasteiger partial charge in [-0.3, -0.25) is 14.7 Å². The number of carbonyl (C=O) groups excluding carboxylic acids is 1. The van der Waals surface area contributed by atoms with Gasteiger partial charge >= 0.3 is 0 Å². The molecule has 0 fully saturated rings. The third-order valence-electron chi connectivity index (χ3n) is 5.12. The third-order valence-corrected chi connectivity index (χ3v) is 5.58. The molecule has 1 amide bonds. The van der Waals surface area contributed by atoms with Crippen LogP contribution in [0.3, 0.4) is 0 Å². The highest BCUT2D eigenvalue weighted by Crippen LogP contribution is 2.34. The quantitative estimate of drug-likeness (QED) is 0.585. The van der Waals surface area contributed by atoms with E-state index in [1.54, 1.807) is 42.1 Å². The molecule has 2 N–H and O–H groups in total. The van der Waals surface area contributed by atoms with Crippen LogP contribution in [0.4, 0.5) is 5.82 Å². The Bertz CT molecular complexity index is 1100. The number of aliphatic hydroxyl groups excluding tert-OH is 2. The molecule has 1 unspecified atom stereocenters. The molecule has 0 saturated heterocycles. The van der Waals surface area contributed by atoms with Crippen molar-refractivity contribution in [2.45, 2.75) is 19.3 Å². The van der Waals surface area contributed by atoms with Crippen LogP contribution in [0, 0.1) is 0 Å². The second-order valence-corrected chi connectivity index (χ2v) is 8.08. The van der Waals surface area contributed by atoms with Crippen molar-refractivity contribution in [2.75, 3.05) is 25.1 Å². The Morgan fingerprint density at radius 2 is 1.97 bits per heavy atom. The number of pyridine rings is 1. The summed E-state index contributed by atoms with van der Waals surface area (Å²) in [6.45, 7) is 0.386. The molecule has 1 aromatic carbocycles. The van der Waals surface area contributed by atoms with Gasteiger partial charge in [0.1, 0.15) is 5.82 Å². The summed E-state index contributed by atoms with van der Waals surface area (Å²) in [5.74, 6) is 0.520. The zero-order chi connectivity index (χ0) is 22.1. The van der Waals surface area contributed by atoms with Gasteiger partial charge in [-0.1, -0.05) is 35.3 Å². The van der Waals surface area contributed by atoms with Crippen molar-refractivity contribution in [3.8, 4) is 11.4 Å². The highest BCUT2D eigenvalue weighted by molar-refractivity contribution is 6.31. The molecule has 3 heterocycles. The Balaban J connectivity index is 1.87. The van der Waals surface area contributed by atoms with Gasteiger partial charge in [0.05, 0.1) is 17.3 Å². The SMILES string of the molecule is CN1c2nc(-c3cccc(Cl)c3)n(Cc3ccc(Cl)cn3)c2C(=O)N(CCCO)C1O. The topological polar surface area (TPSA) is 94.7 Å². The summed E-state index contributed by atoms with van der Waals surface area (Å²) in [6, 6.07) is 10.7. The van der Waals surface area contributed by atoms with E-state index in [0.29, 0.717) is 39.5 Å². The lowest BCUT2D eigenvalue weighted by Gasteiger charge is -2.38. The van der Waals surface area contributed by atoms with Gasteiger partial charge in [0.2, 0.25) is 6.35 Å². The average Bonchev–Trinajstić information content (AvgIpc) is 3.13. The first-order valence-electron chi connectivity index (χ1n) is 9.70. The highest BCUT2D eigenvalue weighted by atomic mass is 35.5. The van der Waals surface area contributed by atoms with Crippen LogP contribution in [0.2, 0.25) is 10.0 Å². The zero-order valence-corrected chi connectivity index (χ0v) is 18.3. The van der Waals surface area contributed by atoms with Gasteiger partial charge in [0.15, 0.2) is 11.5 Å². The first-order valence-corrected chi connectivity index (χ1v) is 10.5. The number of halogens is 2. The van der Waals surface area contributed by atoms with E-state index in [0.717, 1.165) is 5.56 Å². The summed E-state index contributed by atoms with van der Waals surface area (Å²) >= 11 is 12.2. The monoisotopic (exact) mass is 461 g/mol. The van der Waals surface area contributed by atoms with Crippen LogP contribution >= 0.6 is 23.2 Å². The van der Waals surface area contributed by atoms with E-state index in [1.165, 1.54) is 9.80 Å². The van der Waals surface area contributed by atoms with Gasteiger partial charge in [0.25, 0.3) is 5.91 Å². The molecule has 1 aliphatic rings. The van der Waals surface area contributed by atoms with E-state index in [9.17, 15) is 15.0 Å². The first-order chi connectivity index (χ1) is 14.9. The summed E-state index contributed by atoms with van der Waals surface area (Å²) in [5.41, 5.74) is 1.75. The van der Waals surface area contributed by atoms with Gasteiger partial charge in [-0.25, -0.2) is 4.98 Å². The molecule has 1 atom stereocenters. The van der Waals surface area contributed by atoms with Crippen molar-refractivity contribution in [1.29, 1.82) is 0 Å². The Morgan fingerprint density at radius 3 is 2.65 bits per heavy atom. The molecule has 4 rings (SSSR count). The lowest BCUT2D eigenvalue weighted by molar-refractivity contribution is 0.00113. The average molecular weight is 462 g/mol. The van der Waals surface area contributed by atoms with E-state index < -0.39 is 6.35 Å². The van der Waals surface area contributed by atoms with Crippen molar-refractivity contribution in [1.82, 2.24) is 19.4 Å². The number of hydrogen-bond donors (Lipinski definition) is 2. The number of benzene rings is 1. The zero-order valence-electron chi connectivity index (χ0n) is 16.7. The molecule has 10 heteroatoms. The second kappa shape index (κ2) is 8.84. The first kappa shape index (κ1) is 21.6. The third kappa shape index (κ3) is 4.12. The fourth-order valence-corrected chi connectivity index (χ4v) is 3.88. The molecule has 1 aliphatic heterocycles. The standard InChI is InChI=1S/C21H21Cl2N5O3/c1-26-19-17(20(30)27(21(26)31)8-3-9-29)28(12-16-7-6-15(23)11-24-16)18(25-19)13-4-2-5-14(22)10-13/h2,4-7,10-11,21,29,31H,3,8-9,12H2,1H3. The Kier molecular flexibility index (Phi) is 6.15. The maximum Gasteiger partial charge on any atom is 0.277 e. The summed E-state index contributed by atoms with van der Waals surface area (Å²) in [7, 11) is 1.67.